The molecule has 1 aromatic carbocycles. The fourth-order valence-corrected chi connectivity index (χ4v) is 1.78. The van der Waals surface area contributed by atoms with E-state index >= 15 is 0 Å². The van der Waals surface area contributed by atoms with E-state index < -0.39 is 30.7 Å². The molecule has 0 saturated heterocycles. The number of amides is 1. The van der Waals surface area contributed by atoms with Gasteiger partial charge < -0.3 is 15.2 Å². The topological polar surface area (TPSA) is 75.6 Å². The van der Waals surface area contributed by atoms with Crippen molar-refractivity contribution < 1.29 is 32.6 Å². The second kappa shape index (κ2) is 7.85. The van der Waals surface area contributed by atoms with Crippen LogP contribution in [-0.4, -0.2) is 35.8 Å². The molecule has 0 bridgehead atoms. The maximum absolute atomic E-state index is 12.0. The van der Waals surface area contributed by atoms with Crippen LogP contribution in [0.15, 0.2) is 24.3 Å². The van der Waals surface area contributed by atoms with Gasteiger partial charge in [0.05, 0.1) is 0 Å². The molecule has 0 fully saturated rings. The molecule has 0 aliphatic heterocycles. The quantitative estimate of drug-likeness (QED) is 0.804. The van der Waals surface area contributed by atoms with Gasteiger partial charge >= 0.3 is 12.1 Å². The maximum atomic E-state index is 12.0. The monoisotopic (exact) mass is 333 g/mol. The third kappa shape index (κ3) is 6.17. The van der Waals surface area contributed by atoms with Gasteiger partial charge in [0.15, 0.2) is 6.61 Å². The smallest absolute Gasteiger partial charge is 0.422 e. The summed E-state index contributed by atoms with van der Waals surface area (Å²) in [5.74, 6) is -2.04. The number of hydrogen-bond acceptors (Lipinski definition) is 3. The van der Waals surface area contributed by atoms with Crippen LogP contribution in [0, 0.1) is 5.92 Å². The molecule has 0 aromatic heterocycles. The van der Waals surface area contributed by atoms with Gasteiger partial charge in [-0.05, 0) is 30.2 Å². The lowest BCUT2D eigenvalue weighted by molar-refractivity contribution is -0.153. The Morgan fingerprint density at radius 1 is 1.26 bits per heavy atom. The number of carbonyl (C=O) groups is 2. The molecule has 2 atom stereocenters. The molecule has 0 aliphatic rings. The van der Waals surface area contributed by atoms with Crippen LogP contribution in [-0.2, 0) is 4.79 Å². The first-order valence-electron chi connectivity index (χ1n) is 6.97. The first-order chi connectivity index (χ1) is 10.6. The highest BCUT2D eigenvalue weighted by molar-refractivity contribution is 5.96. The normalized spacial score (nSPS) is 14.0. The Labute approximate surface area is 131 Å². The Bertz CT molecular complexity index is 543. The summed E-state index contributed by atoms with van der Waals surface area (Å²) in [5, 5.41) is 11.5. The van der Waals surface area contributed by atoms with Crippen molar-refractivity contribution >= 4 is 11.9 Å². The zero-order valence-corrected chi connectivity index (χ0v) is 12.7. The number of carboxylic acids is 1. The number of hydrogen-bond donors (Lipinski definition) is 2. The van der Waals surface area contributed by atoms with E-state index in [1.807, 2.05) is 0 Å². The predicted molar refractivity (Wildman–Crippen MR) is 76.3 cm³/mol. The van der Waals surface area contributed by atoms with Crippen molar-refractivity contribution in [1.82, 2.24) is 5.32 Å². The lowest BCUT2D eigenvalue weighted by Crippen LogP contribution is -2.45. The van der Waals surface area contributed by atoms with Crippen molar-refractivity contribution in [2.24, 2.45) is 5.92 Å². The van der Waals surface area contributed by atoms with Gasteiger partial charge in [-0.15, -0.1) is 0 Å². The highest BCUT2D eigenvalue weighted by atomic mass is 19.4. The molecule has 1 amide bonds. The summed E-state index contributed by atoms with van der Waals surface area (Å²) < 4.78 is 40.6. The predicted octanol–water partition coefficient (Wildman–Crippen LogP) is 2.86. The number of rotatable bonds is 7. The molecular weight excluding hydrogens is 315 g/mol. The minimum absolute atomic E-state index is 0.0319. The third-order valence-corrected chi connectivity index (χ3v) is 3.28. The van der Waals surface area contributed by atoms with Gasteiger partial charge in [0, 0.05) is 5.56 Å². The lowest BCUT2D eigenvalue weighted by atomic mass is 9.99. The molecule has 0 unspecified atom stereocenters. The van der Waals surface area contributed by atoms with E-state index in [-0.39, 0.29) is 17.2 Å². The number of benzene rings is 1. The summed E-state index contributed by atoms with van der Waals surface area (Å²) in [6, 6.07) is 3.96. The molecule has 8 heteroatoms. The molecule has 1 aromatic rings. The van der Waals surface area contributed by atoms with E-state index in [2.05, 4.69) is 10.1 Å². The average Bonchev–Trinajstić information content (AvgIpc) is 2.49. The minimum Gasteiger partial charge on any atom is -0.484 e. The second-order valence-electron chi connectivity index (χ2n) is 5.10. The summed E-state index contributed by atoms with van der Waals surface area (Å²) in [7, 11) is 0. The Morgan fingerprint density at radius 2 is 1.83 bits per heavy atom. The van der Waals surface area contributed by atoms with Crippen LogP contribution in [0.5, 0.6) is 5.75 Å². The van der Waals surface area contributed by atoms with Gasteiger partial charge in [-0.2, -0.15) is 13.2 Å². The van der Waals surface area contributed by atoms with Gasteiger partial charge in [-0.1, -0.05) is 20.3 Å². The van der Waals surface area contributed by atoms with Crippen LogP contribution >= 0.6 is 0 Å². The van der Waals surface area contributed by atoms with E-state index in [1.54, 1.807) is 13.8 Å². The SMILES string of the molecule is CC[C@H](C)[C@H](NC(=O)c1ccc(OCC(F)(F)F)cc1)C(=O)O. The molecule has 23 heavy (non-hydrogen) atoms. The summed E-state index contributed by atoms with van der Waals surface area (Å²) in [4.78, 5) is 23.2. The van der Waals surface area contributed by atoms with Crippen molar-refractivity contribution in [3.8, 4) is 5.75 Å². The Balaban J connectivity index is 2.71. The van der Waals surface area contributed by atoms with Crippen LogP contribution in [0.2, 0.25) is 0 Å². The number of halogens is 3. The van der Waals surface area contributed by atoms with Crippen molar-refractivity contribution in [2.75, 3.05) is 6.61 Å². The standard InChI is InChI=1S/C15H18F3NO4/c1-3-9(2)12(14(21)22)19-13(20)10-4-6-11(7-5-10)23-8-15(16,17)18/h4-7,9,12H,3,8H2,1-2H3,(H,19,20)(H,21,22)/t9-,12-/m0/s1. The molecule has 5 nitrogen and oxygen atoms in total. The summed E-state index contributed by atoms with van der Waals surface area (Å²) in [6.07, 6.45) is -3.87. The number of ether oxygens (including phenoxy) is 1. The van der Waals surface area contributed by atoms with Crippen LogP contribution in [0.25, 0.3) is 0 Å². The number of nitrogens with one attached hydrogen (secondary N) is 1. The van der Waals surface area contributed by atoms with Crippen LogP contribution in [0.1, 0.15) is 30.6 Å². The second-order valence-corrected chi connectivity index (χ2v) is 5.10. The molecule has 0 radical (unpaired) electrons. The molecular formula is C15H18F3NO4. The van der Waals surface area contributed by atoms with Gasteiger partial charge in [-0.25, -0.2) is 4.79 Å². The highest BCUT2D eigenvalue weighted by Crippen LogP contribution is 2.19. The van der Waals surface area contributed by atoms with Crippen LogP contribution in [0.4, 0.5) is 13.2 Å². The summed E-state index contributed by atoms with van der Waals surface area (Å²) in [5.41, 5.74) is 0.138. The van der Waals surface area contributed by atoms with E-state index in [4.69, 9.17) is 5.11 Å². The number of carbonyl (C=O) groups excluding carboxylic acids is 1. The van der Waals surface area contributed by atoms with Crippen molar-refractivity contribution in [3.05, 3.63) is 29.8 Å². The fourth-order valence-electron chi connectivity index (χ4n) is 1.78. The number of aliphatic carboxylic acids is 1. The first kappa shape index (κ1) is 18.8. The minimum atomic E-state index is -4.44. The molecule has 0 spiro atoms. The van der Waals surface area contributed by atoms with Crippen LogP contribution in [0.3, 0.4) is 0 Å². The van der Waals surface area contributed by atoms with Gasteiger partial charge in [0.2, 0.25) is 0 Å². The molecule has 0 aliphatic carbocycles. The van der Waals surface area contributed by atoms with E-state index in [0.717, 1.165) is 0 Å². The Kier molecular flexibility index (Phi) is 6.41. The Hall–Kier alpha value is -2.25. The maximum Gasteiger partial charge on any atom is 0.422 e. The molecule has 0 heterocycles. The molecule has 0 saturated carbocycles. The summed E-state index contributed by atoms with van der Waals surface area (Å²) >= 11 is 0. The van der Waals surface area contributed by atoms with Crippen LogP contribution < -0.4 is 10.1 Å². The van der Waals surface area contributed by atoms with Gasteiger partial charge in [0.1, 0.15) is 11.8 Å². The van der Waals surface area contributed by atoms with E-state index in [0.29, 0.717) is 6.42 Å². The molecule has 128 valence electrons. The molecule has 1 rings (SSSR count). The van der Waals surface area contributed by atoms with E-state index in [9.17, 15) is 22.8 Å². The summed E-state index contributed by atoms with van der Waals surface area (Å²) in [6.45, 7) is 2.08. The average molecular weight is 333 g/mol. The fraction of sp³-hybridized carbons (Fsp3) is 0.467. The van der Waals surface area contributed by atoms with Gasteiger partial charge in [0.25, 0.3) is 5.91 Å². The zero-order valence-electron chi connectivity index (χ0n) is 12.7. The van der Waals surface area contributed by atoms with E-state index in [1.165, 1.54) is 24.3 Å². The number of carboxylic acid groups (broad SMARTS) is 1. The first-order valence-corrected chi connectivity index (χ1v) is 6.97. The van der Waals surface area contributed by atoms with Crippen molar-refractivity contribution in [2.45, 2.75) is 32.5 Å². The number of alkyl halides is 3. The highest BCUT2D eigenvalue weighted by Gasteiger charge is 2.28. The largest absolute Gasteiger partial charge is 0.484 e. The van der Waals surface area contributed by atoms with Crippen molar-refractivity contribution in [1.29, 1.82) is 0 Å². The Morgan fingerprint density at radius 3 is 2.26 bits per heavy atom. The third-order valence-electron chi connectivity index (χ3n) is 3.28. The van der Waals surface area contributed by atoms with Crippen molar-refractivity contribution in [3.63, 3.8) is 0 Å². The molecule has 2 N–H and O–H groups in total. The zero-order chi connectivity index (χ0) is 17.6. The lowest BCUT2D eigenvalue weighted by Gasteiger charge is -2.20. The van der Waals surface area contributed by atoms with Gasteiger partial charge in [-0.3, -0.25) is 4.79 Å².